The van der Waals surface area contributed by atoms with Gasteiger partial charge < -0.3 is 10.6 Å². The van der Waals surface area contributed by atoms with Gasteiger partial charge in [0.15, 0.2) is 0 Å². The van der Waals surface area contributed by atoms with Gasteiger partial charge in [0.1, 0.15) is 0 Å². The molecular weight excluding hydrogens is 380 g/mol. The Balaban J connectivity index is 1.74. The van der Waals surface area contributed by atoms with Crippen molar-refractivity contribution >= 4 is 27.5 Å². The van der Waals surface area contributed by atoms with Crippen LogP contribution in [-0.2, 0) is 26.0 Å². The van der Waals surface area contributed by atoms with Crippen molar-refractivity contribution in [2.75, 3.05) is 18.4 Å². The number of carbonyl (C=O) groups is 2. The van der Waals surface area contributed by atoms with Gasteiger partial charge in [-0.25, -0.2) is 13.1 Å². The number of nitrogens with zero attached hydrogens (tertiary/aromatic N) is 1. The molecule has 1 aromatic heterocycles. The van der Waals surface area contributed by atoms with Crippen molar-refractivity contribution in [3.8, 4) is 0 Å². The predicted octanol–water partition coefficient (Wildman–Crippen LogP) is 1.23. The van der Waals surface area contributed by atoms with Crippen LogP contribution >= 0.6 is 0 Å². The number of amides is 2. The van der Waals surface area contributed by atoms with E-state index < -0.39 is 10.0 Å². The highest BCUT2D eigenvalue weighted by molar-refractivity contribution is 7.89. The van der Waals surface area contributed by atoms with Gasteiger partial charge in [0, 0.05) is 37.6 Å². The quantitative estimate of drug-likeness (QED) is 0.408. The van der Waals surface area contributed by atoms with Crippen molar-refractivity contribution in [2.45, 2.75) is 17.7 Å². The molecule has 1 heterocycles. The van der Waals surface area contributed by atoms with Gasteiger partial charge in [-0.05, 0) is 54.5 Å². The van der Waals surface area contributed by atoms with Crippen LogP contribution in [-0.4, -0.2) is 38.3 Å². The average molecular weight is 402 g/mol. The highest BCUT2D eigenvalue weighted by Crippen LogP contribution is 2.13. The normalized spacial score (nSPS) is 10.9. The van der Waals surface area contributed by atoms with Crippen LogP contribution in [0.1, 0.15) is 12.0 Å². The Morgan fingerprint density at radius 3 is 2.36 bits per heavy atom. The van der Waals surface area contributed by atoms with E-state index in [9.17, 15) is 18.0 Å². The first kappa shape index (κ1) is 21.3. The summed E-state index contributed by atoms with van der Waals surface area (Å²) >= 11 is 0. The van der Waals surface area contributed by atoms with Gasteiger partial charge in [-0.2, -0.15) is 0 Å². The molecule has 8 nitrogen and oxygen atoms in total. The van der Waals surface area contributed by atoms with Gasteiger partial charge in [0.05, 0.1) is 4.90 Å². The van der Waals surface area contributed by atoms with E-state index in [1.165, 1.54) is 24.3 Å². The number of nitrogens with one attached hydrogen (secondary N) is 3. The van der Waals surface area contributed by atoms with E-state index in [2.05, 4.69) is 26.9 Å². The number of anilines is 1. The number of aryl methyl sites for hydroxylation is 1. The first-order chi connectivity index (χ1) is 13.4. The fourth-order valence-corrected chi connectivity index (χ4v) is 3.31. The fourth-order valence-electron chi connectivity index (χ4n) is 2.28. The SMILES string of the molecule is C=CC(=O)Nc1ccc(S(=O)(=O)NCCNC(=O)CCc2ccncc2)cc1. The van der Waals surface area contributed by atoms with Crippen LogP contribution in [0.15, 0.2) is 66.3 Å². The third-order valence-electron chi connectivity index (χ3n) is 3.75. The van der Waals surface area contributed by atoms with Crippen LogP contribution in [0.3, 0.4) is 0 Å². The van der Waals surface area contributed by atoms with Crippen LogP contribution < -0.4 is 15.4 Å². The van der Waals surface area contributed by atoms with Gasteiger partial charge in [-0.3, -0.25) is 14.6 Å². The second-order valence-electron chi connectivity index (χ2n) is 5.82. The number of aromatic nitrogens is 1. The molecule has 0 saturated carbocycles. The van der Waals surface area contributed by atoms with Crippen LogP contribution in [0.25, 0.3) is 0 Å². The lowest BCUT2D eigenvalue weighted by Gasteiger charge is -2.09. The Bertz CT molecular complexity index is 913. The molecule has 3 N–H and O–H groups in total. The number of hydrogen-bond acceptors (Lipinski definition) is 5. The standard InChI is InChI=1S/C19H22N4O4S/c1-2-18(24)23-16-4-6-17(7-5-16)28(26,27)22-14-13-21-19(25)8-3-15-9-11-20-12-10-15/h2,4-7,9-12,22H,1,3,8,13-14H2,(H,21,25)(H,23,24). The smallest absolute Gasteiger partial charge is 0.247 e. The molecule has 1 aromatic carbocycles. The molecule has 0 unspecified atom stereocenters. The molecule has 0 bridgehead atoms. The Hall–Kier alpha value is -3.04. The molecule has 0 fully saturated rings. The summed E-state index contributed by atoms with van der Waals surface area (Å²) in [6.07, 6.45) is 5.37. The number of benzene rings is 1. The number of carbonyl (C=O) groups excluding carboxylic acids is 2. The van der Waals surface area contributed by atoms with Crippen molar-refractivity contribution in [1.82, 2.24) is 15.0 Å². The molecule has 148 valence electrons. The number of hydrogen-bond donors (Lipinski definition) is 3. The maximum atomic E-state index is 12.2. The third-order valence-corrected chi connectivity index (χ3v) is 5.22. The molecule has 0 radical (unpaired) electrons. The Labute approximate surface area is 164 Å². The summed E-state index contributed by atoms with van der Waals surface area (Å²) in [6.45, 7) is 3.59. The van der Waals surface area contributed by atoms with Crippen LogP contribution in [0.4, 0.5) is 5.69 Å². The Morgan fingerprint density at radius 2 is 1.71 bits per heavy atom. The average Bonchev–Trinajstić information content (AvgIpc) is 2.71. The lowest BCUT2D eigenvalue weighted by Crippen LogP contribution is -2.34. The molecule has 2 amide bonds. The van der Waals surface area contributed by atoms with E-state index in [1.807, 2.05) is 12.1 Å². The van der Waals surface area contributed by atoms with E-state index >= 15 is 0 Å². The minimum Gasteiger partial charge on any atom is -0.355 e. The molecule has 2 aromatic rings. The van der Waals surface area contributed by atoms with Crippen LogP contribution in [0.5, 0.6) is 0 Å². The molecule has 0 spiro atoms. The van der Waals surface area contributed by atoms with Crippen molar-refractivity contribution in [3.63, 3.8) is 0 Å². The maximum Gasteiger partial charge on any atom is 0.247 e. The van der Waals surface area contributed by atoms with Crippen LogP contribution in [0, 0.1) is 0 Å². The van der Waals surface area contributed by atoms with Gasteiger partial charge in [-0.1, -0.05) is 6.58 Å². The summed E-state index contributed by atoms with van der Waals surface area (Å²) in [7, 11) is -3.71. The lowest BCUT2D eigenvalue weighted by atomic mass is 10.1. The summed E-state index contributed by atoms with van der Waals surface area (Å²) in [5, 5.41) is 5.21. The zero-order chi connectivity index (χ0) is 20.4. The van der Waals surface area contributed by atoms with E-state index in [1.54, 1.807) is 12.4 Å². The molecule has 0 aliphatic rings. The highest BCUT2D eigenvalue weighted by Gasteiger charge is 2.13. The number of sulfonamides is 1. The van der Waals surface area contributed by atoms with Gasteiger partial charge in [0.25, 0.3) is 0 Å². The zero-order valence-electron chi connectivity index (χ0n) is 15.2. The maximum absolute atomic E-state index is 12.2. The molecule has 2 rings (SSSR count). The molecule has 0 saturated heterocycles. The van der Waals surface area contributed by atoms with E-state index in [-0.39, 0.29) is 29.8 Å². The lowest BCUT2D eigenvalue weighted by molar-refractivity contribution is -0.121. The molecule has 0 atom stereocenters. The molecule has 0 aliphatic carbocycles. The topological polar surface area (TPSA) is 117 Å². The van der Waals surface area contributed by atoms with Gasteiger partial charge in [0.2, 0.25) is 21.8 Å². The summed E-state index contributed by atoms with van der Waals surface area (Å²) in [6, 6.07) is 9.42. The van der Waals surface area contributed by atoms with Crippen molar-refractivity contribution in [1.29, 1.82) is 0 Å². The van der Waals surface area contributed by atoms with E-state index in [0.29, 0.717) is 18.5 Å². The Morgan fingerprint density at radius 1 is 1.04 bits per heavy atom. The number of rotatable bonds is 10. The summed E-state index contributed by atoms with van der Waals surface area (Å²) in [5.41, 5.74) is 1.48. The zero-order valence-corrected chi connectivity index (χ0v) is 16.0. The van der Waals surface area contributed by atoms with Crippen molar-refractivity contribution in [2.24, 2.45) is 0 Å². The molecule has 28 heavy (non-hydrogen) atoms. The first-order valence-corrected chi connectivity index (χ1v) is 10.1. The van der Waals surface area contributed by atoms with Crippen molar-refractivity contribution in [3.05, 3.63) is 67.0 Å². The third kappa shape index (κ3) is 6.93. The van der Waals surface area contributed by atoms with Crippen LogP contribution in [0.2, 0.25) is 0 Å². The number of pyridine rings is 1. The summed E-state index contributed by atoms with van der Waals surface area (Å²) in [4.78, 5) is 27.0. The minimum atomic E-state index is -3.71. The monoisotopic (exact) mass is 402 g/mol. The van der Waals surface area contributed by atoms with E-state index in [4.69, 9.17) is 0 Å². The predicted molar refractivity (Wildman–Crippen MR) is 106 cm³/mol. The molecular formula is C19H22N4O4S. The minimum absolute atomic E-state index is 0.0631. The van der Waals surface area contributed by atoms with Gasteiger partial charge >= 0.3 is 0 Å². The first-order valence-electron chi connectivity index (χ1n) is 8.59. The summed E-state index contributed by atoms with van der Waals surface area (Å²) < 4.78 is 26.9. The second kappa shape index (κ2) is 10.3. The second-order valence-corrected chi connectivity index (χ2v) is 7.59. The van der Waals surface area contributed by atoms with Crippen molar-refractivity contribution < 1.29 is 18.0 Å². The van der Waals surface area contributed by atoms with E-state index in [0.717, 1.165) is 11.6 Å². The Kier molecular flexibility index (Phi) is 7.85. The summed E-state index contributed by atoms with van der Waals surface area (Å²) in [5.74, 6) is -0.535. The fraction of sp³-hybridized carbons (Fsp3) is 0.211. The van der Waals surface area contributed by atoms with Gasteiger partial charge in [-0.15, -0.1) is 0 Å². The molecule has 0 aliphatic heterocycles. The molecule has 9 heteroatoms. The largest absolute Gasteiger partial charge is 0.355 e. The highest BCUT2D eigenvalue weighted by atomic mass is 32.2.